The first kappa shape index (κ1) is 25.6. The Kier molecular flexibility index (Phi) is 10.7. The molecule has 168 valence electrons. The van der Waals surface area contributed by atoms with Gasteiger partial charge in [-0.25, -0.2) is 0 Å². The highest BCUT2D eigenvalue weighted by Crippen LogP contribution is 2.22. The Balaban J connectivity index is 1.97. The molecule has 0 saturated heterocycles. The van der Waals surface area contributed by atoms with Gasteiger partial charge in [0.15, 0.2) is 0 Å². The van der Waals surface area contributed by atoms with Crippen molar-refractivity contribution in [3.8, 4) is 0 Å². The number of carbonyl (C=O) groups is 2. The second-order valence-electron chi connectivity index (χ2n) is 7.87. The quantitative estimate of drug-likeness (QED) is 0.314. The Morgan fingerprint density at radius 1 is 0.968 bits per heavy atom. The minimum absolute atomic E-state index is 0.0288. The summed E-state index contributed by atoms with van der Waals surface area (Å²) in [7, 11) is 0. The fourth-order valence-electron chi connectivity index (χ4n) is 2.91. The second kappa shape index (κ2) is 13.0. The summed E-state index contributed by atoms with van der Waals surface area (Å²) in [6.45, 7) is 6.83. The number of hydrogen-bond donors (Lipinski definition) is 1. The van der Waals surface area contributed by atoms with E-state index >= 15 is 0 Å². The summed E-state index contributed by atoms with van der Waals surface area (Å²) in [5.74, 6) is 1.00. The van der Waals surface area contributed by atoms with Crippen molar-refractivity contribution in [2.75, 3.05) is 12.3 Å². The molecule has 1 atom stereocenters. The van der Waals surface area contributed by atoms with Crippen LogP contribution >= 0.6 is 35.0 Å². The minimum Gasteiger partial charge on any atom is -0.354 e. The third-order valence-electron chi connectivity index (χ3n) is 4.74. The molecule has 0 aliphatic rings. The zero-order valence-corrected chi connectivity index (χ0v) is 20.6. The van der Waals surface area contributed by atoms with Crippen molar-refractivity contribution in [2.45, 2.75) is 51.1 Å². The van der Waals surface area contributed by atoms with Crippen LogP contribution in [0.15, 0.2) is 53.4 Å². The van der Waals surface area contributed by atoms with Crippen molar-refractivity contribution in [3.05, 3.63) is 64.1 Å². The predicted molar refractivity (Wildman–Crippen MR) is 131 cm³/mol. The van der Waals surface area contributed by atoms with Crippen LogP contribution in [-0.2, 0) is 16.1 Å². The van der Waals surface area contributed by atoms with Crippen LogP contribution in [0.1, 0.15) is 39.2 Å². The van der Waals surface area contributed by atoms with Gasteiger partial charge in [-0.05, 0) is 67.0 Å². The second-order valence-corrected chi connectivity index (χ2v) is 9.91. The van der Waals surface area contributed by atoms with Crippen LogP contribution < -0.4 is 5.32 Å². The van der Waals surface area contributed by atoms with Crippen molar-refractivity contribution in [1.29, 1.82) is 0 Å². The predicted octanol–water partition coefficient (Wildman–Crippen LogP) is 6.06. The highest BCUT2D eigenvalue weighted by Gasteiger charge is 2.25. The third-order valence-corrected chi connectivity index (χ3v) is 6.34. The third kappa shape index (κ3) is 9.14. The molecule has 0 heterocycles. The van der Waals surface area contributed by atoms with E-state index in [0.29, 0.717) is 35.5 Å². The van der Waals surface area contributed by atoms with E-state index in [1.165, 1.54) is 0 Å². The number of hydrogen-bond acceptors (Lipinski definition) is 3. The van der Waals surface area contributed by atoms with Gasteiger partial charge in [0.1, 0.15) is 6.04 Å². The molecule has 0 saturated carbocycles. The lowest BCUT2D eigenvalue weighted by Gasteiger charge is -2.29. The summed E-state index contributed by atoms with van der Waals surface area (Å²) in [5.41, 5.74) is 0.941. The fourth-order valence-corrected chi connectivity index (χ4v) is 4.01. The molecule has 2 aromatic carbocycles. The summed E-state index contributed by atoms with van der Waals surface area (Å²) in [4.78, 5) is 28.5. The fraction of sp³-hybridized carbons (Fsp3) is 0.417. The van der Waals surface area contributed by atoms with E-state index in [2.05, 4.69) is 5.32 Å². The lowest BCUT2D eigenvalue weighted by Crippen LogP contribution is -2.48. The average molecular weight is 481 g/mol. The minimum atomic E-state index is -0.550. The van der Waals surface area contributed by atoms with Gasteiger partial charge in [-0.2, -0.15) is 0 Å². The molecule has 4 nitrogen and oxygen atoms in total. The van der Waals surface area contributed by atoms with Crippen LogP contribution in [0.3, 0.4) is 0 Å². The molecule has 0 bridgehead atoms. The summed E-state index contributed by atoms with van der Waals surface area (Å²) >= 11 is 13.6. The monoisotopic (exact) mass is 480 g/mol. The number of carbonyl (C=O) groups excluding carboxylic acids is 2. The van der Waals surface area contributed by atoms with Gasteiger partial charge in [-0.15, -0.1) is 11.8 Å². The Labute approximate surface area is 199 Å². The topological polar surface area (TPSA) is 49.4 Å². The molecule has 2 aromatic rings. The van der Waals surface area contributed by atoms with Crippen molar-refractivity contribution in [3.63, 3.8) is 0 Å². The van der Waals surface area contributed by atoms with Crippen LogP contribution in [0.25, 0.3) is 0 Å². The van der Waals surface area contributed by atoms with Crippen molar-refractivity contribution < 1.29 is 9.59 Å². The number of thioether (sulfide) groups is 1. The molecule has 31 heavy (non-hydrogen) atoms. The number of nitrogens with one attached hydrogen (secondary N) is 1. The molecule has 2 rings (SSSR count). The van der Waals surface area contributed by atoms with E-state index < -0.39 is 6.04 Å². The van der Waals surface area contributed by atoms with Gasteiger partial charge in [-0.1, -0.05) is 49.2 Å². The molecule has 0 fully saturated rings. The zero-order chi connectivity index (χ0) is 22.8. The number of rotatable bonds is 11. The largest absolute Gasteiger partial charge is 0.354 e. The Bertz CT molecular complexity index is 842. The molecule has 7 heteroatoms. The van der Waals surface area contributed by atoms with E-state index in [1.807, 2.05) is 50.2 Å². The maximum atomic E-state index is 13.0. The van der Waals surface area contributed by atoms with Gasteiger partial charge in [0.05, 0.1) is 0 Å². The van der Waals surface area contributed by atoms with E-state index in [9.17, 15) is 9.59 Å². The van der Waals surface area contributed by atoms with Crippen LogP contribution in [0.4, 0.5) is 0 Å². The van der Waals surface area contributed by atoms with Crippen LogP contribution in [0.2, 0.25) is 10.0 Å². The first-order valence-corrected chi connectivity index (χ1v) is 12.2. The lowest BCUT2D eigenvalue weighted by atomic mass is 10.1. The molecular weight excluding hydrogens is 451 g/mol. The Morgan fingerprint density at radius 2 is 1.55 bits per heavy atom. The smallest absolute Gasteiger partial charge is 0.242 e. The molecule has 2 amide bonds. The maximum Gasteiger partial charge on any atom is 0.242 e. The number of benzene rings is 2. The zero-order valence-electron chi connectivity index (χ0n) is 18.2. The van der Waals surface area contributed by atoms with Crippen LogP contribution in [0.5, 0.6) is 0 Å². The summed E-state index contributed by atoms with van der Waals surface area (Å²) in [5, 5.41) is 4.29. The van der Waals surface area contributed by atoms with Crippen molar-refractivity contribution in [1.82, 2.24) is 10.2 Å². The van der Waals surface area contributed by atoms with Crippen LogP contribution in [0, 0.1) is 5.92 Å². The summed E-state index contributed by atoms with van der Waals surface area (Å²) in [6.07, 6.45) is 1.11. The Morgan fingerprint density at radius 3 is 2.13 bits per heavy atom. The summed E-state index contributed by atoms with van der Waals surface area (Å²) < 4.78 is 0. The normalized spacial score (nSPS) is 11.9. The standard InChI is InChI=1S/C24H30Cl2N2O2S/c1-17(2)15-27-24(30)18(3)28(16-19-6-8-20(25)9-7-19)23(29)5-4-14-31-22-12-10-21(26)11-13-22/h6-13,17-18H,4-5,14-16H2,1-3H3,(H,27,30). The van der Waals surface area contributed by atoms with E-state index in [4.69, 9.17) is 23.2 Å². The number of amides is 2. The first-order valence-electron chi connectivity index (χ1n) is 10.5. The average Bonchev–Trinajstić information content (AvgIpc) is 2.75. The Hall–Kier alpha value is -1.69. The molecule has 1 N–H and O–H groups in total. The maximum absolute atomic E-state index is 13.0. The SMILES string of the molecule is CC(C)CNC(=O)C(C)N(Cc1ccc(Cl)cc1)C(=O)CCCSc1ccc(Cl)cc1. The van der Waals surface area contributed by atoms with Gasteiger partial charge in [0.2, 0.25) is 11.8 Å². The van der Waals surface area contributed by atoms with Crippen molar-refractivity contribution in [2.24, 2.45) is 5.92 Å². The first-order chi connectivity index (χ1) is 14.8. The van der Waals surface area contributed by atoms with Gasteiger partial charge in [0, 0.05) is 34.5 Å². The van der Waals surface area contributed by atoms with E-state index in [1.54, 1.807) is 35.7 Å². The van der Waals surface area contributed by atoms with Gasteiger partial charge in [0.25, 0.3) is 0 Å². The van der Waals surface area contributed by atoms with E-state index in [0.717, 1.165) is 22.6 Å². The molecule has 0 spiro atoms. The molecular formula is C24H30Cl2N2O2S. The summed E-state index contributed by atoms with van der Waals surface area (Å²) in [6, 6.07) is 14.5. The molecule has 0 aliphatic carbocycles. The van der Waals surface area contributed by atoms with Crippen LogP contribution in [-0.4, -0.2) is 35.1 Å². The molecule has 1 unspecified atom stereocenters. The lowest BCUT2D eigenvalue weighted by molar-refractivity contribution is -0.140. The molecule has 0 radical (unpaired) electrons. The highest BCUT2D eigenvalue weighted by atomic mass is 35.5. The molecule has 0 aromatic heterocycles. The molecule has 0 aliphatic heterocycles. The van der Waals surface area contributed by atoms with Crippen molar-refractivity contribution >= 4 is 46.8 Å². The van der Waals surface area contributed by atoms with E-state index in [-0.39, 0.29) is 11.8 Å². The number of halogens is 2. The van der Waals surface area contributed by atoms with Gasteiger partial charge < -0.3 is 10.2 Å². The highest BCUT2D eigenvalue weighted by molar-refractivity contribution is 7.99. The van der Waals surface area contributed by atoms with Gasteiger partial charge in [-0.3, -0.25) is 9.59 Å². The van der Waals surface area contributed by atoms with Gasteiger partial charge >= 0.3 is 0 Å². The number of nitrogens with zero attached hydrogens (tertiary/aromatic N) is 1.